The third-order valence-corrected chi connectivity index (χ3v) is 1.24. The molecule has 0 saturated heterocycles. The maximum absolute atomic E-state index is 10.1. The Kier molecular flexibility index (Phi) is 2.05. The summed E-state index contributed by atoms with van der Waals surface area (Å²) in [6.07, 6.45) is 1.85. The molecule has 0 aromatic carbocycles. The molecule has 1 aromatic heterocycles. The molecule has 0 amide bonds. The van der Waals surface area contributed by atoms with Crippen molar-refractivity contribution in [1.82, 2.24) is 4.57 Å². The monoisotopic (exact) mass is 169 g/mol. The zero-order chi connectivity index (χ0) is 9.14. The molecule has 0 aliphatic rings. The molecule has 0 spiro atoms. The molecule has 1 aromatic rings. The minimum Gasteiger partial charge on any atom is -0.494 e. The van der Waals surface area contributed by atoms with Gasteiger partial charge in [-0.2, -0.15) is 0 Å². The van der Waals surface area contributed by atoms with Crippen molar-refractivity contribution in [3.63, 3.8) is 0 Å². The Labute approximate surface area is 67.8 Å². The lowest BCUT2D eigenvalue weighted by Gasteiger charge is -1.96. The van der Waals surface area contributed by atoms with Crippen LogP contribution < -0.4 is 0 Å². The summed E-state index contributed by atoms with van der Waals surface area (Å²) in [6.45, 7) is 0. The summed E-state index contributed by atoms with van der Waals surface area (Å²) in [5.41, 5.74) is 0. The molecular weight excluding hydrogens is 162 g/mol. The molecule has 5 nitrogen and oxygen atoms in total. The maximum Gasteiger partial charge on any atom is 0.329 e. The molecule has 64 valence electrons. The lowest BCUT2D eigenvalue weighted by atomic mass is 10.6. The maximum atomic E-state index is 10.1. The predicted molar refractivity (Wildman–Crippen MR) is 40.7 cm³/mol. The van der Waals surface area contributed by atoms with Gasteiger partial charge in [0.15, 0.2) is 11.8 Å². The summed E-state index contributed by atoms with van der Waals surface area (Å²) < 4.78 is 0.939. The van der Waals surface area contributed by atoms with Crippen LogP contribution in [0.5, 0.6) is 11.8 Å². The van der Waals surface area contributed by atoms with E-state index in [-0.39, 0.29) is 11.8 Å². The predicted octanol–water partition coefficient (Wildman–Crippen LogP) is 0.455. The van der Waals surface area contributed by atoms with Gasteiger partial charge in [0.2, 0.25) is 0 Å². The molecule has 1 rings (SSSR count). The first-order valence-electron chi connectivity index (χ1n) is 3.11. The summed E-state index contributed by atoms with van der Waals surface area (Å²) in [5.74, 6) is -1.59. The van der Waals surface area contributed by atoms with E-state index in [1.54, 1.807) is 0 Å². The van der Waals surface area contributed by atoms with Crippen LogP contribution >= 0.6 is 0 Å². The zero-order valence-corrected chi connectivity index (χ0v) is 6.01. The summed E-state index contributed by atoms with van der Waals surface area (Å²) in [4.78, 5) is 10.1. The van der Waals surface area contributed by atoms with Crippen molar-refractivity contribution in [2.24, 2.45) is 0 Å². The van der Waals surface area contributed by atoms with Crippen molar-refractivity contribution in [2.75, 3.05) is 0 Å². The summed E-state index contributed by atoms with van der Waals surface area (Å²) in [7, 11) is 0. The molecule has 0 radical (unpaired) electrons. The smallest absolute Gasteiger partial charge is 0.329 e. The van der Waals surface area contributed by atoms with Gasteiger partial charge < -0.3 is 15.3 Å². The summed E-state index contributed by atoms with van der Waals surface area (Å²) in [5, 5.41) is 26.2. The van der Waals surface area contributed by atoms with Gasteiger partial charge >= 0.3 is 5.97 Å². The molecule has 3 N–H and O–H groups in total. The molecule has 1 heterocycles. The van der Waals surface area contributed by atoms with E-state index in [4.69, 9.17) is 15.3 Å². The average Bonchev–Trinajstić information content (AvgIpc) is 2.28. The molecule has 0 aliphatic heterocycles. The van der Waals surface area contributed by atoms with Gasteiger partial charge in [-0.05, 0) is 0 Å². The second-order valence-electron chi connectivity index (χ2n) is 2.07. The van der Waals surface area contributed by atoms with Crippen LogP contribution in [-0.2, 0) is 4.79 Å². The number of carboxylic acid groups (broad SMARTS) is 1. The fourth-order valence-electron chi connectivity index (χ4n) is 0.718. The first kappa shape index (κ1) is 8.19. The van der Waals surface area contributed by atoms with E-state index < -0.39 is 5.97 Å². The number of aromatic nitrogens is 1. The fraction of sp³-hybridized carbons (Fsp3) is 0. The van der Waals surface area contributed by atoms with Crippen molar-refractivity contribution in [3.05, 3.63) is 18.2 Å². The molecule has 0 aliphatic carbocycles. The fourth-order valence-corrected chi connectivity index (χ4v) is 0.718. The van der Waals surface area contributed by atoms with E-state index in [0.29, 0.717) is 0 Å². The van der Waals surface area contributed by atoms with E-state index in [1.807, 2.05) is 0 Å². The summed E-state index contributed by atoms with van der Waals surface area (Å²) >= 11 is 0. The first-order chi connectivity index (χ1) is 5.61. The molecule has 0 bridgehead atoms. The average molecular weight is 169 g/mol. The zero-order valence-electron chi connectivity index (χ0n) is 6.01. The number of carboxylic acids is 1. The van der Waals surface area contributed by atoms with Gasteiger partial charge in [-0.25, -0.2) is 4.79 Å². The van der Waals surface area contributed by atoms with Crippen LogP contribution in [0.25, 0.3) is 6.20 Å². The van der Waals surface area contributed by atoms with Crippen LogP contribution in [0.2, 0.25) is 0 Å². The van der Waals surface area contributed by atoms with Crippen LogP contribution in [0, 0.1) is 0 Å². The van der Waals surface area contributed by atoms with Crippen LogP contribution in [0.1, 0.15) is 0 Å². The number of carbonyl (C=O) groups is 1. The topological polar surface area (TPSA) is 82.7 Å². The normalized spacial score (nSPS) is 10.7. The Hall–Kier alpha value is -1.91. The van der Waals surface area contributed by atoms with Gasteiger partial charge in [0.05, 0.1) is 0 Å². The van der Waals surface area contributed by atoms with Gasteiger partial charge in [-0.1, -0.05) is 0 Å². The van der Waals surface area contributed by atoms with Crippen molar-refractivity contribution >= 4 is 12.2 Å². The number of aromatic hydroxyl groups is 2. The second-order valence-corrected chi connectivity index (χ2v) is 2.07. The van der Waals surface area contributed by atoms with Crippen molar-refractivity contribution < 1.29 is 20.1 Å². The molecule has 0 saturated carbocycles. The van der Waals surface area contributed by atoms with E-state index in [9.17, 15) is 4.79 Å². The SMILES string of the molecule is O=C(O)C=Cn1c(O)ccc1O. The third-order valence-electron chi connectivity index (χ3n) is 1.24. The number of hydrogen-bond acceptors (Lipinski definition) is 3. The van der Waals surface area contributed by atoms with Gasteiger partial charge in [0.1, 0.15) is 0 Å². The highest BCUT2D eigenvalue weighted by atomic mass is 16.4. The summed E-state index contributed by atoms with van der Waals surface area (Å²) in [6, 6.07) is 2.50. The minimum absolute atomic E-state index is 0.218. The molecule has 0 atom stereocenters. The lowest BCUT2D eigenvalue weighted by Crippen LogP contribution is -1.89. The van der Waals surface area contributed by atoms with Gasteiger partial charge in [0.25, 0.3) is 0 Å². The number of nitrogens with zero attached hydrogens (tertiary/aromatic N) is 1. The highest BCUT2D eigenvalue weighted by Gasteiger charge is 2.01. The van der Waals surface area contributed by atoms with Gasteiger partial charge in [-0.15, -0.1) is 0 Å². The Bertz CT molecular complexity index is 307. The standard InChI is InChI=1S/C7H7NO4/c9-5-1-2-6(10)8(5)4-3-7(11)12/h1-4,9-10H,(H,11,12). The Morgan fingerprint density at radius 2 is 1.83 bits per heavy atom. The lowest BCUT2D eigenvalue weighted by molar-refractivity contribution is -0.131. The Morgan fingerprint density at radius 3 is 2.25 bits per heavy atom. The van der Waals surface area contributed by atoms with E-state index >= 15 is 0 Å². The number of hydrogen-bond donors (Lipinski definition) is 3. The van der Waals surface area contributed by atoms with Crippen LogP contribution in [0.15, 0.2) is 18.2 Å². The van der Waals surface area contributed by atoms with Crippen LogP contribution in [-0.4, -0.2) is 25.9 Å². The first-order valence-corrected chi connectivity index (χ1v) is 3.11. The van der Waals surface area contributed by atoms with Crippen LogP contribution in [0.4, 0.5) is 0 Å². The Morgan fingerprint density at radius 1 is 1.33 bits per heavy atom. The van der Waals surface area contributed by atoms with Gasteiger partial charge in [-0.3, -0.25) is 4.57 Å². The minimum atomic E-state index is -1.15. The van der Waals surface area contributed by atoms with Crippen molar-refractivity contribution in [2.45, 2.75) is 0 Å². The van der Waals surface area contributed by atoms with E-state index in [2.05, 4.69) is 0 Å². The van der Waals surface area contributed by atoms with Crippen molar-refractivity contribution in [3.8, 4) is 11.8 Å². The van der Waals surface area contributed by atoms with Crippen molar-refractivity contribution in [1.29, 1.82) is 0 Å². The van der Waals surface area contributed by atoms with E-state index in [0.717, 1.165) is 16.8 Å². The molecule has 0 unspecified atom stereocenters. The largest absolute Gasteiger partial charge is 0.494 e. The highest BCUT2D eigenvalue weighted by molar-refractivity contribution is 5.83. The van der Waals surface area contributed by atoms with Crippen LogP contribution in [0.3, 0.4) is 0 Å². The third kappa shape index (κ3) is 1.57. The quantitative estimate of drug-likeness (QED) is 0.561. The van der Waals surface area contributed by atoms with E-state index in [1.165, 1.54) is 12.1 Å². The highest BCUT2D eigenvalue weighted by Crippen LogP contribution is 2.20. The Balaban J connectivity index is 2.95. The molecule has 0 fully saturated rings. The number of rotatable bonds is 2. The van der Waals surface area contributed by atoms with Gasteiger partial charge in [0, 0.05) is 24.4 Å². The molecule has 12 heavy (non-hydrogen) atoms. The second kappa shape index (κ2) is 3.00. The number of aliphatic carboxylic acids is 1. The molecule has 5 heteroatoms. The molecular formula is C7H7NO4.